The minimum Gasteiger partial charge on any atom is -0.467 e. The minimum atomic E-state index is -0.689. The molecule has 1 amide bonds. The molecule has 1 aromatic heterocycles. The van der Waals surface area contributed by atoms with E-state index in [4.69, 9.17) is 4.74 Å². The standard InChI is InChI=1S/C28H42N2O4/c1-34-28(33)25(21-14-9-5-10-15-21)29-26(31)23-18-22-16-8-2-3-11-17-24(22)30(27(23)32)19-20-12-6-4-7-13-20/h18,20-21,25H,2-17,19H2,1H3,(H,29,31). The molecule has 188 valence electrons. The van der Waals surface area contributed by atoms with Gasteiger partial charge in [-0.15, -0.1) is 0 Å². The molecule has 6 heteroatoms. The Balaban J connectivity index is 1.65. The quantitative estimate of drug-likeness (QED) is 0.598. The van der Waals surface area contributed by atoms with Crippen LogP contribution in [0.5, 0.6) is 0 Å². The molecule has 1 atom stereocenters. The van der Waals surface area contributed by atoms with Crippen LogP contribution in [0.4, 0.5) is 0 Å². The van der Waals surface area contributed by atoms with Gasteiger partial charge in [-0.3, -0.25) is 9.59 Å². The Morgan fingerprint density at radius 1 is 0.941 bits per heavy atom. The number of hydrogen-bond acceptors (Lipinski definition) is 4. The van der Waals surface area contributed by atoms with Gasteiger partial charge in [0.25, 0.3) is 11.5 Å². The molecule has 6 nitrogen and oxygen atoms in total. The molecule has 1 N–H and O–H groups in total. The van der Waals surface area contributed by atoms with Crippen LogP contribution in [-0.2, 0) is 28.9 Å². The third-order valence-electron chi connectivity index (χ3n) is 8.37. The zero-order chi connectivity index (χ0) is 23.9. The number of nitrogens with one attached hydrogen (secondary N) is 1. The van der Waals surface area contributed by atoms with Gasteiger partial charge in [0.1, 0.15) is 11.6 Å². The number of hydrogen-bond donors (Lipinski definition) is 1. The largest absolute Gasteiger partial charge is 0.467 e. The van der Waals surface area contributed by atoms with Crippen molar-refractivity contribution in [3.63, 3.8) is 0 Å². The number of fused-ring (bicyclic) bond motifs is 1. The van der Waals surface area contributed by atoms with Gasteiger partial charge >= 0.3 is 5.97 Å². The Kier molecular flexibility index (Phi) is 8.85. The molecule has 2 fully saturated rings. The van der Waals surface area contributed by atoms with E-state index < -0.39 is 17.9 Å². The number of nitrogens with zero attached hydrogens (tertiary/aromatic N) is 1. The summed E-state index contributed by atoms with van der Waals surface area (Å²) in [6.07, 6.45) is 17.5. The molecule has 0 aromatic carbocycles. The van der Waals surface area contributed by atoms with E-state index in [1.165, 1.54) is 39.2 Å². The molecule has 0 radical (unpaired) electrons. The van der Waals surface area contributed by atoms with Gasteiger partial charge in [0.15, 0.2) is 0 Å². The van der Waals surface area contributed by atoms with Crippen LogP contribution in [0.2, 0.25) is 0 Å². The summed E-state index contributed by atoms with van der Waals surface area (Å²) in [5.41, 5.74) is 2.30. The fourth-order valence-corrected chi connectivity index (χ4v) is 6.40. The van der Waals surface area contributed by atoms with Crippen molar-refractivity contribution >= 4 is 11.9 Å². The number of ether oxygens (including phenoxy) is 1. The topological polar surface area (TPSA) is 77.4 Å². The summed E-state index contributed by atoms with van der Waals surface area (Å²) in [6.45, 7) is 0.714. The minimum absolute atomic E-state index is 0.0685. The zero-order valence-corrected chi connectivity index (χ0v) is 20.9. The van der Waals surface area contributed by atoms with Crippen molar-refractivity contribution in [2.45, 2.75) is 115 Å². The average molecular weight is 471 g/mol. The number of carbonyl (C=O) groups is 2. The first kappa shape index (κ1) is 25.0. The van der Waals surface area contributed by atoms with Crippen molar-refractivity contribution in [2.75, 3.05) is 7.11 Å². The average Bonchev–Trinajstić information content (AvgIpc) is 2.85. The Hall–Kier alpha value is -2.11. The summed E-state index contributed by atoms with van der Waals surface area (Å²) in [4.78, 5) is 39.8. The summed E-state index contributed by atoms with van der Waals surface area (Å²) >= 11 is 0. The van der Waals surface area contributed by atoms with E-state index in [2.05, 4.69) is 5.32 Å². The highest BCUT2D eigenvalue weighted by Crippen LogP contribution is 2.29. The Morgan fingerprint density at radius 2 is 1.56 bits per heavy atom. The predicted octanol–water partition coefficient (Wildman–Crippen LogP) is 4.94. The fourth-order valence-electron chi connectivity index (χ4n) is 6.40. The summed E-state index contributed by atoms with van der Waals surface area (Å²) < 4.78 is 6.98. The monoisotopic (exact) mass is 470 g/mol. The van der Waals surface area contributed by atoms with Crippen LogP contribution in [0.1, 0.15) is 112 Å². The van der Waals surface area contributed by atoms with Crippen LogP contribution >= 0.6 is 0 Å². The van der Waals surface area contributed by atoms with Crippen LogP contribution in [0.3, 0.4) is 0 Å². The van der Waals surface area contributed by atoms with Gasteiger partial charge in [-0.2, -0.15) is 0 Å². The van der Waals surface area contributed by atoms with Gasteiger partial charge in [-0.25, -0.2) is 4.79 Å². The SMILES string of the molecule is COC(=O)C(NC(=O)c1cc2c(n(CC3CCCCC3)c1=O)CCCCCC2)C1CCCCC1. The molecule has 0 aliphatic heterocycles. The van der Waals surface area contributed by atoms with Gasteiger partial charge in [0.2, 0.25) is 0 Å². The molecule has 0 bridgehead atoms. The van der Waals surface area contributed by atoms with E-state index in [-0.39, 0.29) is 17.0 Å². The lowest BCUT2D eigenvalue weighted by atomic mass is 9.83. The van der Waals surface area contributed by atoms with Crippen molar-refractivity contribution < 1.29 is 14.3 Å². The molecule has 1 unspecified atom stereocenters. The zero-order valence-electron chi connectivity index (χ0n) is 20.9. The molecule has 0 saturated heterocycles. The first-order chi connectivity index (χ1) is 16.6. The number of pyridine rings is 1. The molecule has 3 aliphatic carbocycles. The summed E-state index contributed by atoms with van der Waals surface area (Å²) in [7, 11) is 1.37. The lowest BCUT2D eigenvalue weighted by Gasteiger charge is -2.29. The number of aryl methyl sites for hydroxylation is 1. The number of aromatic nitrogens is 1. The molecule has 4 rings (SSSR count). The normalized spacial score (nSPS) is 21.1. The third-order valence-corrected chi connectivity index (χ3v) is 8.37. The maximum absolute atomic E-state index is 13.7. The van der Waals surface area contributed by atoms with E-state index in [1.807, 2.05) is 10.6 Å². The molecule has 3 aliphatic rings. The number of carbonyl (C=O) groups excluding carboxylic acids is 2. The second kappa shape index (κ2) is 12.0. The molecule has 1 heterocycles. The number of esters is 1. The summed E-state index contributed by atoms with van der Waals surface area (Å²) in [5, 5.41) is 2.93. The molecule has 1 aromatic rings. The van der Waals surface area contributed by atoms with E-state index in [1.54, 1.807) is 0 Å². The maximum Gasteiger partial charge on any atom is 0.328 e. The van der Waals surface area contributed by atoms with E-state index in [9.17, 15) is 14.4 Å². The first-order valence-corrected chi connectivity index (χ1v) is 13.7. The molecule has 34 heavy (non-hydrogen) atoms. The van der Waals surface area contributed by atoms with Crippen molar-refractivity contribution in [2.24, 2.45) is 11.8 Å². The van der Waals surface area contributed by atoms with Crippen molar-refractivity contribution in [3.8, 4) is 0 Å². The van der Waals surface area contributed by atoms with Crippen LogP contribution in [-0.4, -0.2) is 29.6 Å². The molecule has 2 saturated carbocycles. The highest BCUT2D eigenvalue weighted by atomic mass is 16.5. The van der Waals surface area contributed by atoms with Gasteiger partial charge in [0, 0.05) is 12.2 Å². The first-order valence-electron chi connectivity index (χ1n) is 13.7. The van der Waals surface area contributed by atoms with Crippen molar-refractivity contribution in [1.82, 2.24) is 9.88 Å². The number of methoxy groups -OCH3 is 1. The van der Waals surface area contributed by atoms with Gasteiger partial charge in [-0.1, -0.05) is 51.4 Å². The second-order valence-electron chi connectivity index (χ2n) is 10.7. The number of rotatable bonds is 6. The van der Waals surface area contributed by atoms with Crippen molar-refractivity contribution in [1.29, 1.82) is 0 Å². The van der Waals surface area contributed by atoms with Gasteiger partial charge in [-0.05, 0) is 74.8 Å². The lowest BCUT2D eigenvalue weighted by molar-refractivity contribution is -0.144. The fraction of sp³-hybridized carbons (Fsp3) is 0.750. The predicted molar refractivity (Wildman–Crippen MR) is 133 cm³/mol. The highest BCUT2D eigenvalue weighted by molar-refractivity contribution is 5.96. The van der Waals surface area contributed by atoms with E-state index in [0.29, 0.717) is 12.5 Å². The Morgan fingerprint density at radius 3 is 2.24 bits per heavy atom. The van der Waals surface area contributed by atoms with Crippen LogP contribution < -0.4 is 10.9 Å². The highest BCUT2D eigenvalue weighted by Gasteiger charge is 2.33. The Labute approximate surface area is 203 Å². The lowest BCUT2D eigenvalue weighted by Crippen LogP contribution is -2.48. The smallest absolute Gasteiger partial charge is 0.328 e. The summed E-state index contributed by atoms with van der Waals surface area (Å²) in [5.74, 6) is -0.259. The second-order valence-corrected chi connectivity index (χ2v) is 10.7. The van der Waals surface area contributed by atoms with E-state index in [0.717, 1.165) is 81.9 Å². The van der Waals surface area contributed by atoms with Crippen LogP contribution in [0, 0.1) is 11.8 Å². The molecular weight excluding hydrogens is 428 g/mol. The van der Waals surface area contributed by atoms with Crippen LogP contribution in [0.25, 0.3) is 0 Å². The third kappa shape index (κ3) is 5.92. The van der Waals surface area contributed by atoms with Crippen molar-refractivity contribution in [3.05, 3.63) is 33.2 Å². The van der Waals surface area contributed by atoms with Gasteiger partial charge in [0.05, 0.1) is 7.11 Å². The van der Waals surface area contributed by atoms with Gasteiger partial charge < -0.3 is 14.6 Å². The molecular formula is C28H42N2O4. The van der Waals surface area contributed by atoms with Crippen LogP contribution in [0.15, 0.2) is 10.9 Å². The molecule has 0 spiro atoms. The van der Waals surface area contributed by atoms with E-state index >= 15 is 0 Å². The maximum atomic E-state index is 13.7. The Bertz CT molecular complexity index is 910. The summed E-state index contributed by atoms with van der Waals surface area (Å²) in [6, 6.07) is 1.15. The number of amides is 1.